The van der Waals surface area contributed by atoms with E-state index in [-0.39, 0.29) is 5.56 Å². The zero-order valence-corrected chi connectivity index (χ0v) is 11.3. The molecular formula is C12H14N4O4. The summed E-state index contributed by atoms with van der Waals surface area (Å²) in [6.07, 6.45) is 0.570. The van der Waals surface area contributed by atoms with Gasteiger partial charge in [0.2, 0.25) is 0 Å². The second kappa shape index (κ2) is 5.55. The molecule has 20 heavy (non-hydrogen) atoms. The van der Waals surface area contributed by atoms with E-state index in [0.29, 0.717) is 29.4 Å². The van der Waals surface area contributed by atoms with Gasteiger partial charge in [-0.3, -0.25) is 0 Å². The molecule has 0 saturated heterocycles. The van der Waals surface area contributed by atoms with E-state index in [2.05, 4.69) is 15.5 Å². The molecule has 0 fully saturated rings. The molecule has 0 saturated carbocycles. The molecule has 0 amide bonds. The molecule has 2 rings (SSSR count). The fourth-order valence-corrected chi connectivity index (χ4v) is 1.83. The number of hydrogen-bond donors (Lipinski definition) is 1. The summed E-state index contributed by atoms with van der Waals surface area (Å²) in [4.78, 5) is 11.4. The second-order valence-electron chi connectivity index (χ2n) is 3.89. The van der Waals surface area contributed by atoms with Gasteiger partial charge >= 0.3 is 5.97 Å². The van der Waals surface area contributed by atoms with Gasteiger partial charge < -0.3 is 14.6 Å². The highest BCUT2D eigenvalue weighted by molar-refractivity contribution is 5.93. The molecule has 8 nitrogen and oxygen atoms in total. The Labute approximate surface area is 114 Å². The van der Waals surface area contributed by atoms with Crippen LogP contribution < -0.4 is 9.47 Å². The van der Waals surface area contributed by atoms with Crippen LogP contribution in [0.3, 0.4) is 0 Å². The summed E-state index contributed by atoms with van der Waals surface area (Å²) in [5, 5.41) is 20.6. The predicted octanol–water partition coefficient (Wildman–Crippen LogP) is 0.940. The number of carboxylic acids is 1. The standard InChI is InChI=1S/C12H14N4O4/c1-4-11-13-14-15-16(11)8-6-10(20-3)9(19-2)5-7(8)12(17)18/h5-6H,4H2,1-3H3,(H,17,18). The lowest BCUT2D eigenvalue weighted by Crippen LogP contribution is -2.10. The van der Waals surface area contributed by atoms with Crippen LogP contribution in [-0.2, 0) is 6.42 Å². The monoisotopic (exact) mass is 278 g/mol. The molecule has 0 aliphatic carbocycles. The molecule has 2 aromatic rings. The molecule has 0 spiro atoms. The number of tetrazole rings is 1. The number of aromatic carboxylic acids is 1. The third-order valence-corrected chi connectivity index (χ3v) is 2.81. The summed E-state index contributed by atoms with van der Waals surface area (Å²) in [6.45, 7) is 1.88. The molecule has 106 valence electrons. The van der Waals surface area contributed by atoms with E-state index in [1.54, 1.807) is 0 Å². The van der Waals surface area contributed by atoms with E-state index in [4.69, 9.17) is 9.47 Å². The normalized spacial score (nSPS) is 10.3. The van der Waals surface area contributed by atoms with Gasteiger partial charge in [-0.1, -0.05) is 6.92 Å². The van der Waals surface area contributed by atoms with Gasteiger partial charge in [-0.05, 0) is 10.4 Å². The SMILES string of the molecule is CCc1nnnn1-c1cc(OC)c(OC)cc1C(=O)O. The zero-order chi connectivity index (χ0) is 14.7. The smallest absolute Gasteiger partial charge is 0.338 e. The number of aromatic nitrogens is 4. The Hall–Kier alpha value is -2.64. The first kappa shape index (κ1) is 13.8. The number of carbonyl (C=O) groups is 1. The summed E-state index contributed by atoms with van der Waals surface area (Å²) < 4.78 is 11.7. The van der Waals surface area contributed by atoms with Crippen molar-refractivity contribution in [2.24, 2.45) is 0 Å². The van der Waals surface area contributed by atoms with E-state index < -0.39 is 5.97 Å². The van der Waals surface area contributed by atoms with Gasteiger partial charge in [0, 0.05) is 18.6 Å². The van der Waals surface area contributed by atoms with Gasteiger partial charge in [0.1, 0.15) is 0 Å². The van der Waals surface area contributed by atoms with Crippen LogP contribution in [0, 0.1) is 0 Å². The minimum Gasteiger partial charge on any atom is -0.493 e. The highest BCUT2D eigenvalue weighted by Gasteiger charge is 2.20. The Morgan fingerprint density at radius 2 is 1.95 bits per heavy atom. The maximum absolute atomic E-state index is 11.4. The van der Waals surface area contributed by atoms with Crippen molar-refractivity contribution >= 4 is 5.97 Å². The lowest BCUT2D eigenvalue weighted by atomic mass is 10.1. The number of aryl methyl sites for hydroxylation is 1. The van der Waals surface area contributed by atoms with Gasteiger partial charge in [-0.15, -0.1) is 5.10 Å². The minimum absolute atomic E-state index is 0.0321. The van der Waals surface area contributed by atoms with Crippen LogP contribution in [0.2, 0.25) is 0 Å². The van der Waals surface area contributed by atoms with Crippen LogP contribution in [0.1, 0.15) is 23.1 Å². The largest absolute Gasteiger partial charge is 0.493 e. The number of hydrogen-bond acceptors (Lipinski definition) is 6. The molecule has 0 aliphatic heterocycles. The Morgan fingerprint density at radius 3 is 2.50 bits per heavy atom. The van der Waals surface area contributed by atoms with Crippen LogP contribution >= 0.6 is 0 Å². The van der Waals surface area contributed by atoms with Crippen molar-refractivity contribution in [1.82, 2.24) is 20.2 Å². The highest BCUT2D eigenvalue weighted by atomic mass is 16.5. The predicted molar refractivity (Wildman–Crippen MR) is 68.6 cm³/mol. The summed E-state index contributed by atoms with van der Waals surface area (Å²) in [7, 11) is 2.92. The first-order valence-electron chi connectivity index (χ1n) is 5.89. The number of benzene rings is 1. The van der Waals surface area contributed by atoms with Crippen molar-refractivity contribution in [3.63, 3.8) is 0 Å². The average molecular weight is 278 g/mol. The molecule has 8 heteroatoms. The fourth-order valence-electron chi connectivity index (χ4n) is 1.83. The number of rotatable bonds is 5. The van der Waals surface area contributed by atoms with Crippen LogP contribution in [0.4, 0.5) is 0 Å². The molecule has 0 radical (unpaired) electrons. The van der Waals surface area contributed by atoms with E-state index >= 15 is 0 Å². The minimum atomic E-state index is -1.10. The van der Waals surface area contributed by atoms with Crippen LogP contribution in [0.15, 0.2) is 12.1 Å². The van der Waals surface area contributed by atoms with Crippen molar-refractivity contribution in [2.75, 3.05) is 14.2 Å². The van der Waals surface area contributed by atoms with E-state index in [1.165, 1.54) is 31.0 Å². The van der Waals surface area contributed by atoms with Gasteiger partial charge in [-0.25, -0.2) is 4.79 Å². The van der Waals surface area contributed by atoms with E-state index in [1.807, 2.05) is 6.92 Å². The third kappa shape index (κ3) is 2.27. The van der Waals surface area contributed by atoms with Gasteiger partial charge in [0.15, 0.2) is 17.3 Å². The van der Waals surface area contributed by atoms with Gasteiger partial charge in [-0.2, -0.15) is 4.68 Å². The van der Waals surface area contributed by atoms with Crippen LogP contribution in [-0.4, -0.2) is 45.5 Å². The van der Waals surface area contributed by atoms with Crippen LogP contribution in [0.5, 0.6) is 11.5 Å². The first-order valence-corrected chi connectivity index (χ1v) is 5.89. The van der Waals surface area contributed by atoms with Crippen molar-refractivity contribution in [2.45, 2.75) is 13.3 Å². The van der Waals surface area contributed by atoms with Crippen molar-refractivity contribution in [1.29, 1.82) is 0 Å². The van der Waals surface area contributed by atoms with Crippen molar-refractivity contribution in [3.8, 4) is 17.2 Å². The van der Waals surface area contributed by atoms with E-state index in [0.717, 1.165) is 0 Å². The highest BCUT2D eigenvalue weighted by Crippen LogP contribution is 2.32. The number of carboxylic acid groups (broad SMARTS) is 1. The quantitative estimate of drug-likeness (QED) is 0.868. The average Bonchev–Trinajstić information content (AvgIpc) is 2.93. The molecule has 1 aromatic carbocycles. The summed E-state index contributed by atoms with van der Waals surface area (Å²) in [5.41, 5.74) is 0.363. The van der Waals surface area contributed by atoms with Gasteiger partial charge in [0.25, 0.3) is 0 Å². The Kier molecular flexibility index (Phi) is 3.83. The molecule has 1 N–H and O–H groups in total. The number of ether oxygens (including phenoxy) is 2. The number of methoxy groups -OCH3 is 2. The topological polar surface area (TPSA) is 99.4 Å². The molecule has 0 bridgehead atoms. The van der Waals surface area contributed by atoms with Crippen molar-refractivity contribution < 1.29 is 19.4 Å². The lowest BCUT2D eigenvalue weighted by molar-refractivity contribution is 0.0696. The molecule has 1 heterocycles. The zero-order valence-electron chi connectivity index (χ0n) is 11.3. The molecule has 1 aromatic heterocycles. The lowest BCUT2D eigenvalue weighted by Gasteiger charge is -2.13. The molecule has 0 atom stereocenters. The summed E-state index contributed by atoms with van der Waals surface area (Å²) >= 11 is 0. The van der Waals surface area contributed by atoms with Gasteiger partial charge in [0.05, 0.1) is 25.5 Å². The first-order chi connectivity index (χ1) is 9.62. The van der Waals surface area contributed by atoms with Crippen LogP contribution in [0.25, 0.3) is 5.69 Å². The maximum Gasteiger partial charge on any atom is 0.338 e. The molecular weight excluding hydrogens is 264 g/mol. The Balaban J connectivity index is 2.70. The summed E-state index contributed by atoms with van der Waals surface area (Å²) in [6, 6.07) is 2.93. The maximum atomic E-state index is 11.4. The second-order valence-corrected chi connectivity index (χ2v) is 3.89. The van der Waals surface area contributed by atoms with E-state index in [9.17, 15) is 9.90 Å². The fraction of sp³-hybridized carbons (Fsp3) is 0.333. The molecule has 0 aliphatic rings. The van der Waals surface area contributed by atoms with Crippen molar-refractivity contribution in [3.05, 3.63) is 23.5 Å². The summed E-state index contributed by atoms with van der Waals surface area (Å²) in [5.74, 6) is 0.197. The Bertz CT molecular complexity index is 638. The Morgan fingerprint density at radius 1 is 1.30 bits per heavy atom. The number of nitrogens with zero attached hydrogens (tertiary/aromatic N) is 4. The third-order valence-electron chi connectivity index (χ3n) is 2.81. The molecule has 0 unspecified atom stereocenters.